The first kappa shape index (κ1) is 25.6. The molecular formula is C22H32O6. The molecular weight excluding hydrogens is 360 g/mol. The summed E-state index contributed by atoms with van der Waals surface area (Å²) in [5.74, 6) is -0.711. The van der Waals surface area contributed by atoms with Gasteiger partial charge in [0, 0.05) is 6.08 Å². The van der Waals surface area contributed by atoms with Gasteiger partial charge in [-0.2, -0.15) is 0 Å². The minimum absolute atomic E-state index is 0.102. The second kappa shape index (κ2) is 19.4. The maximum Gasteiger partial charge on any atom is 0.328 e. The molecule has 0 saturated carbocycles. The SMILES string of the molecule is CCCCCC(CCCC=CC=C(C=CC=CC=CC=CC(=O)O)OO)OO. The predicted molar refractivity (Wildman–Crippen MR) is 111 cm³/mol. The van der Waals surface area contributed by atoms with Gasteiger partial charge >= 0.3 is 5.97 Å². The van der Waals surface area contributed by atoms with Crippen LogP contribution in [0.3, 0.4) is 0 Å². The monoisotopic (exact) mass is 392 g/mol. The number of hydrogen-bond acceptors (Lipinski definition) is 5. The van der Waals surface area contributed by atoms with Crippen LogP contribution in [0.4, 0.5) is 0 Å². The summed E-state index contributed by atoms with van der Waals surface area (Å²) < 4.78 is 0. The summed E-state index contributed by atoms with van der Waals surface area (Å²) in [6, 6.07) is 0. The molecule has 28 heavy (non-hydrogen) atoms. The first-order valence-electron chi connectivity index (χ1n) is 9.53. The highest BCUT2D eigenvalue weighted by Gasteiger charge is 2.07. The normalized spacial score (nSPS) is 14.3. The number of carbonyl (C=O) groups is 1. The molecule has 0 aromatic carbocycles. The summed E-state index contributed by atoms with van der Waals surface area (Å²) >= 11 is 0. The molecule has 0 aromatic rings. The molecule has 0 aliphatic carbocycles. The van der Waals surface area contributed by atoms with Crippen molar-refractivity contribution in [2.24, 2.45) is 0 Å². The van der Waals surface area contributed by atoms with E-state index in [4.69, 9.17) is 15.6 Å². The van der Waals surface area contributed by atoms with E-state index in [9.17, 15) is 4.79 Å². The molecule has 0 spiro atoms. The largest absolute Gasteiger partial charge is 0.478 e. The second-order valence-corrected chi connectivity index (χ2v) is 6.07. The first-order valence-corrected chi connectivity index (χ1v) is 9.53. The molecule has 0 aliphatic heterocycles. The van der Waals surface area contributed by atoms with E-state index in [-0.39, 0.29) is 11.9 Å². The summed E-state index contributed by atoms with van der Waals surface area (Å²) in [7, 11) is 0. The Labute approximate surface area is 167 Å². The topological polar surface area (TPSA) is 96.2 Å². The van der Waals surface area contributed by atoms with Crippen molar-refractivity contribution in [1.82, 2.24) is 0 Å². The zero-order chi connectivity index (χ0) is 20.9. The number of aliphatic carboxylic acids is 1. The minimum Gasteiger partial charge on any atom is -0.478 e. The van der Waals surface area contributed by atoms with E-state index in [0.717, 1.165) is 51.0 Å². The zero-order valence-electron chi connectivity index (χ0n) is 16.4. The van der Waals surface area contributed by atoms with Gasteiger partial charge in [0.05, 0.1) is 6.10 Å². The maximum atomic E-state index is 10.3. The van der Waals surface area contributed by atoms with Crippen molar-refractivity contribution in [1.29, 1.82) is 0 Å². The van der Waals surface area contributed by atoms with E-state index >= 15 is 0 Å². The highest BCUT2D eigenvalue weighted by molar-refractivity contribution is 5.80. The van der Waals surface area contributed by atoms with Crippen LogP contribution in [-0.4, -0.2) is 27.7 Å². The number of hydrogen-bond donors (Lipinski definition) is 3. The third-order valence-corrected chi connectivity index (χ3v) is 3.73. The number of carboxylic acids is 1. The molecule has 0 heterocycles. The molecule has 0 amide bonds. The van der Waals surface area contributed by atoms with Crippen LogP contribution in [0.5, 0.6) is 0 Å². The Morgan fingerprint density at radius 3 is 2.14 bits per heavy atom. The van der Waals surface area contributed by atoms with E-state index in [2.05, 4.69) is 16.7 Å². The molecule has 0 aliphatic rings. The van der Waals surface area contributed by atoms with Crippen molar-refractivity contribution in [2.45, 2.75) is 58.0 Å². The van der Waals surface area contributed by atoms with E-state index in [1.165, 1.54) is 6.08 Å². The summed E-state index contributed by atoms with van der Waals surface area (Å²) in [6.07, 6.45) is 24.5. The van der Waals surface area contributed by atoms with Crippen LogP contribution in [0.25, 0.3) is 0 Å². The minimum atomic E-state index is -0.995. The standard InChI is InChI=1S/C22H32O6/c1-2-3-10-15-20(27-25)17-12-8-9-13-18-21(28-26)16-11-6-4-5-7-14-19-22(23)24/h4-7,9,11,13-14,16,18-20,25-26H,2-3,8,10,12,15,17H2,1H3,(H,23,24). The molecule has 156 valence electrons. The summed E-state index contributed by atoms with van der Waals surface area (Å²) in [6.45, 7) is 2.14. The van der Waals surface area contributed by atoms with E-state index in [1.54, 1.807) is 48.6 Å². The van der Waals surface area contributed by atoms with Crippen LogP contribution in [0.15, 0.2) is 72.6 Å². The molecule has 0 radical (unpaired) electrons. The Bertz CT molecular complexity index is 570. The molecule has 1 atom stereocenters. The fourth-order valence-corrected chi connectivity index (χ4v) is 2.26. The van der Waals surface area contributed by atoms with E-state index < -0.39 is 5.97 Å². The van der Waals surface area contributed by atoms with Gasteiger partial charge in [-0.25, -0.2) is 14.9 Å². The predicted octanol–water partition coefficient (Wildman–Crippen LogP) is 5.83. The van der Waals surface area contributed by atoms with Gasteiger partial charge in [0.1, 0.15) is 0 Å². The second-order valence-electron chi connectivity index (χ2n) is 6.07. The highest BCUT2D eigenvalue weighted by Crippen LogP contribution is 2.13. The van der Waals surface area contributed by atoms with Gasteiger partial charge in [-0.3, -0.25) is 5.26 Å². The van der Waals surface area contributed by atoms with Crippen LogP contribution in [0.2, 0.25) is 0 Å². The van der Waals surface area contributed by atoms with Crippen LogP contribution in [-0.2, 0) is 14.6 Å². The number of carboxylic acid groups (broad SMARTS) is 1. The fraction of sp³-hybridized carbons (Fsp3) is 0.409. The number of allylic oxidation sites excluding steroid dienone is 10. The Morgan fingerprint density at radius 2 is 1.54 bits per heavy atom. The van der Waals surface area contributed by atoms with Crippen molar-refractivity contribution in [2.75, 3.05) is 0 Å². The maximum absolute atomic E-state index is 10.3. The summed E-state index contributed by atoms with van der Waals surface area (Å²) in [4.78, 5) is 19.1. The van der Waals surface area contributed by atoms with Crippen LogP contribution in [0.1, 0.15) is 51.9 Å². The number of rotatable bonds is 16. The first-order chi connectivity index (χ1) is 13.6. The lowest BCUT2D eigenvalue weighted by Crippen LogP contribution is -2.10. The Morgan fingerprint density at radius 1 is 0.893 bits per heavy atom. The quantitative estimate of drug-likeness (QED) is 0.0763. The highest BCUT2D eigenvalue weighted by atomic mass is 17.1. The van der Waals surface area contributed by atoms with E-state index in [0.29, 0.717) is 0 Å². The van der Waals surface area contributed by atoms with Gasteiger partial charge in [0.2, 0.25) is 0 Å². The molecule has 6 heteroatoms. The molecule has 6 nitrogen and oxygen atoms in total. The van der Waals surface area contributed by atoms with Gasteiger partial charge in [-0.1, -0.05) is 74.8 Å². The van der Waals surface area contributed by atoms with Crippen molar-refractivity contribution >= 4 is 5.97 Å². The molecule has 0 aromatic heterocycles. The Balaban J connectivity index is 4.17. The van der Waals surface area contributed by atoms with E-state index in [1.807, 2.05) is 6.08 Å². The smallest absolute Gasteiger partial charge is 0.328 e. The summed E-state index contributed by atoms with van der Waals surface area (Å²) in [5, 5.41) is 26.2. The zero-order valence-corrected chi connectivity index (χ0v) is 16.4. The van der Waals surface area contributed by atoms with Crippen LogP contribution in [0, 0.1) is 0 Å². The average molecular weight is 392 g/mol. The lowest BCUT2D eigenvalue weighted by Gasteiger charge is -2.11. The van der Waals surface area contributed by atoms with Gasteiger partial charge in [-0.05, 0) is 37.8 Å². The summed E-state index contributed by atoms with van der Waals surface area (Å²) in [5.41, 5.74) is 0. The van der Waals surface area contributed by atoms with Crippen LogP contribution < -0.4 is 0 Å². The van der Waals surface area contributed by atoms with Crippen molar-refractivity contribution < 1.29 is 30.2 Å². The van der Waals surface area contributed by atoms with Crippen molar-refractivity contribution in [3.63, 3.8) is 0 Å². The molecule has 0 bridgehead atoms. The van der Waals surface area contributed by atoms with Crippen molar-refractivity contribution in [3.05, 3.63) is 72.6 Å². The molecule has 0 rings (SSSR count). The Hall–Kier alpha value is -2.41. The molecule has 1 unspecified atom stereocenters. The van der Waals surface area contributed by atoms with Crippen LogP contribution >= 0.6 is 0 Å². The number of unbranched alkanes of at least 4 members (excludes halogenated alkanes) is 3. The third-order valence-electron chi connectivity index (χ3n) is 3.73. The lowest BCUT2D eigenvalue weighted by molar-refractivity contribution is -0.281. The average Bonchev–Trinajstić information content (AvgIpc) is 2.69. The Kier molecular flexibility index (Phi) is 17.7. The molecule has 3 N–H and O–H groups in total. The molecule has 0 saturated heterocycles. The third kappa shape index (κ3) is 17.0. The van der Waals surface area contributed by atoms with Gasteiger partial charge in [-0.15, -0.1) is 0 Å². The van der Waals surface area contributed by atoms with Gasteiger partial charge < -0.3 is 9.99 Å². The fourth-order valence-electron chi connectivity index (χ4n) is 2.26. The van der Waals surface area contributed by atoms with Crippen molar-refractivity contribution in [3.8, 4) is 0 Å². The van der Waals surface area contributed by atoms with Gasteiger partial charge in [0.25, 0.3) is 0 Å². The van der Waals surface area contributed by atoms with Gasteiger partial charge in [0.15, 0.2) is 5.76 Å². The molecule has 0 fully saturated rings. The lowest BCUT2D eigenvalue weighted by atomic mass is 10.1.